The van der Waals surface area contributed by atoms with Gasteiger partial charge in [-0.25, -0.2) is 9.97 Å². The Kier molecular flexibility index (Phi) is 10.8. The van der Waals surface area contributed by atoms with Crippen LogP contribution in [0.15, 0.2) is 48.5 Å². The van der Waals surface area contributed by atoms with Crippen molar-refractivity contribution in [1.82, 2.24) is 30.8 Å². The van der Waals surface area contributed by atoms with Crippen molar-refractivity contribution in [2.24, 2.45) is 0 Å². The van der Waals surface area contributed by atoms with E-state index in [2.05, 4.69) is 25.9 Å². The van der Waals surface area contributed by atoms with Crippen molar-refractivity contribution in [3.63, 3.8) is 0 Å². The highest BCUT2D eigenvalue weighted by Crippen LogP contribution is 2.27. The molecule has 1 aromatic heterocycles. The second-order valence-corrected chi connectivity index (χ2v) is 11.8. The molecule has 3 aromatic rings. The first-order chi connectivity index (χ1) is 22.1. The van der Waals surface area contributed by atoms with Crippen LogP contribution in [-0.4, -0.2) is 94.3 Å². The molecule has 0 saturated carbocycles. The van der Waals surface area contributed by atoms with Crippen molar-refractivity contribution < 1.29 is 29.3 Å². The van der Waals surface area contributed by atoms with Crippen LogP contribution in [0.5, 0.6) is 11.5 Å². The molecule has 9 N–H and O–H groups in total. The number of halogens is 1. The van der Waals surface area contributed by atoms with E-state index in [4.69, 9.17) is 37.6 Å². The number of likely N-dealkylation sites (tertiary alicyclic amines) is 1. The van der Waals surface area contributed by atoms with Crippen molar-refractivity contribution >= 4 is 35.1 Å². The zero-order valence-corrected chi connectivity index (χ0v) is 26.0. The van der Waals surface area contributed by atoms with Crippen molar-refractivity contribution in [3.05, 3.63) is 70.5 Å². The molecule has 0 aliphatic carbocycles. The minimum atomic E-state index is -0.896. The molecule has 1 spiro atoms. The summed E-state index contributed by atoms with van der Waals surface area (Å²) in [6, 6.07) is 14.8. The highest BCUT2D eigenvalue weighted by atomic mass is 35.5. The van der Waals surface area contributed by atoms with Gasteiger partial charge in [-0.2, -0.15) is 0 Å². The summed E-state index contributed by atoms with van der Waals surface area (Å²) in [7, 11) is 0. The fraction of sp³-hybridized carbons (Fsp3) is 0.419. The van der Waals surface area contributed by atoms with Gasteiger partial charge < -0.3 is 41.4 Å². The largest absolute Gasteiger partial charge is 0.494 e. The van der Waals surface area contributed by atoms with Crippen LogP contribution in [0.3, 0.4) is 0 Å². The molecule has 3 heterocycles. The van der Waals surface area contributed by atoms with Crippen LogP contribution in [0.1, 0.15) is 45.7 Å². The van der Waals surface area contributed by atoms with E-state index in [0.717, 1.165) is 18.4 Å². The predicted octanol–water partition coefficient (Wildman–Crippen LogP) is 0.919. The van der Waals surface area contributed by atoms with Gasteiger partial charge in [0.2, 0.25) is 0 Å². The Morgan fingerprint density at radius 1 is 1.04 bits per heavy atom. The first-order valence-electron chi connectivity index (χ1n) is 15.1. The van der Waals surface area contributed by atoms with Crippen LogP contribution >= 0.6 is 11.6 Å². The molecular formula is C31H39ClN8O6. The number of nitrogens with one attached hydrogen (secondary N) is 3. The monoisotopic (exact) mass is 654 g/mol. The summed E-state index contributed by atoms with van der Waals surface area (Å²) in [5.41, 5.74) is 12.7. The molecule has 5 rings (SSSR count). The fourth-order valence-corrected chi connectivity index (χ4v) is 5.53. The topological polar surface area (TPSA) is 210 Å². The third-order valence-corrected chi connectivity index (χ3v) is 8.33. The van der Waals surface area contributed by atoms with Gasteiger partial charge in [-0.15, -0.1) is 0 Å². The van der Waals surface area contributed by atoms with Gasteiger partial charge in [-0.3, -0.25) is 20.2 Å². The van der Waals surface area contributed by atoms with Crippen molar-refractivity contribution in [2.75, 3.05) is 50.9 Å². The van der Waals surface area contributed by atoms with Crippen LogP contribution in [0.25, 0.3) is 0 Å². The molecule has 14 nitrogen and oxygen atoms in total. The number of anilines is 2. The molecule has 2 saturated heterocycles. The number of carbonyl (C=O) groups excluding carboxylic acids is 2. The molecular weight excluding hydrogens is 616 g/mol. The van der Waals surface area contributed by atoms with E-state index in [1.54, 1.807) is 12.1 Å². The van der Waals surface area contributed by atoms with Gasteiger partial charge in [0.1, 0.15) is 30.5 Å². The number of aromatic nitrogens is 2. The first kappa shape index (κ1) is 33.2. The lowest BCUT2D eigenvalue weighted by molar-refractivity contribution is 0.0536. The van der Waals surface area contributed by atoms with Gasteiger partial charge >= 0.3 is 0 Å². The molecule has 2 amide bonds. The fourth-order valence-electron chi connectivity index (χ4n) is 5.40. The molecule has 2 aromatic carbocycles. The maximum atomic E-state index is 13.2. The van der Waals surface area contributed by atoms with Crippen molar-refractivity contribution in [2.45, 2.75) is 43.6 Å². The summed E-state index contributed by atoms with van der Waals surface area (Å²) < 4.78 is 11.3. The summed E-state index contributed by atoms with van der Waals surface area (Å²) >= 11 is 5.90. The number of aliphatic hydroxyl groups is 2. The standard InChI is InChI=1S/C31H39ClN8O6/c32-25-27(34)37-26(33)24(36-25)28(43)38-30-35-18-31(39-30)11-13-40(14-12-31)29(44)20-5-9-22(10-6-20)45-15-1-2-19-3-7-23(8-4-19)46-17-21(42)16-41/h3-10,21,30,35,39,41-42H,1-2,11-18H2,(H,38,43)(H4,33,34,37). The second-order valence-electron chi connectivity index (χ2n) is 11.4. The summed E-state index contributed by atoms with van der Waals surface area (Å²) in [6.07, 6.45) is 1.64. The molecule has 246 valence electrons. The highest BCUT2D eigenvalue weighted by Gasteiger charge is 2.42. The zero-order valence-electron chi connectivity index (χ0n) is 25.2. The van der Waals surface area contributed by atoms with Crippen LogP contribution in [0, 0.1) is 0 Å². The summed E-state index contributed by atoms with van der Waals surface area (Å²) in [5.74, 6) is 0.603. The van der Waals surface area contributed by atoms with Gasteiger partial charge in [-0.1, -0.05) is 23.7 Å². The smallest absolute Gasteiger partial charge is 0.276 e. The number of nitrogens with two attached hydrogens (primary N) is 2. The van der Waals surface area contributed by atoms with Gasteiger partial charge in [0.25, 0.3) is 11.8 Å². The molecule has 2 aliphatic rings. The van der Waals surface area contributed by atoms with Crippen LogP contribution in [-0.2, 0) is 6.42 Å². The third-order valence-electron chi connectivity index (χ3n) is 8.05. The molecule has 15 heteroatoms. The molecule has 0 bridgehead atoms. The van der Waals surface area contributed by atoms with E-state index < -0.39 is 18.3 Å². The third kappa shape index (κ3) is 8.33. The molecule has 46 heavy (non-hydrogen) atoms. The number of hydrogen-bond donors (Lipinski definition) is 7. The predicted molar refractivity (Wildman–Crippen MR) is 171 cm³/mol. The number of hydrogen-bond acceptors (Lipinski definition) is 12. The van der Waals surface area contributed by atoms with Gasteiger partial charge in [0.05, 0.1) is 13.2 Å². The van der Waals surface area contributed by atoms with Crippen molar-refractivity contribution in [3.8, 4) is 11.5 Å². The number of piperidine rings is 1. The van der Waals surface area contributed by atoms with Crippen LogP contribution in [0.2, 0.25) is 5.15 Å². The summed E-state index contributed by atoms with van der Waals surface area (Å²) in [6.45, 7) is 1.98. The number of nitrogen functional groups attached to an aromatic ring is 2. The number of amides is 2. The lowest BCUT2D eigenvalue weighted by Crippen LogP contribution is -2.57. The summed E-state index contributed by atoms with van der Waals surface area (Å²) in [4.78, 5) is 35.6. The summed E-state index contributed by atoms with van der Waals surface area (Å²) in [5, 5.41) is 27.7. The number of nitrogens with zero attached hydrogens (tertiary/aromatic N) is 3. The maximum absolute atomic E-state index is 13.2. The van der Waals surface area contributed by atoms with Crippen LogP contribution < -0.4 is 36.9 Å². The Hall–Kier alpha value is -4.21. The van der Waals surface area contributed by atoms with Gasteiger partial charge in [0.15, 0.2) is 22.5 Å². The number of aliphatic hydroxyl groups excluding tert-OH is 2. The van der Waals surface area contributed by atoms with Gasteiger partial charge in [-0.05, 0) is 67.6 Å². The Morgan fingerprint density at radius 2 is 1.72 bits per heavy atom. The van der Waals surface area contributed by atoms with Crippen molar-refractivity contribution in [1.29, 1.82) is 0 Å². The highest BCUT2D eigenvalue weighted by molar-refractivity contribution is 6.31. The van der Waals surface area contributed by atoms with E-state index in [0.29, 0.717) is 56.1 Å². The maximum Gasteiger partial charge on any atom is 0.276 e. The molecule has 2 fully saturated rings. The van der Waals surface area contributed by atoms with E-state index in [1.807, 2.05) is 41.3 Å². The van der Waals surface area contributed by atoms with E-state index in [1.165, 1.54) is 0 Å². The normalized spacial score (nSPS) is 17.9. The molecule has 2 aliphatic heterocycles. The quantitative estimate of drug-likeness (QED) is 0.136. The minimum Gasteiger partial charge on any atom is -0.494 e. The lowest BCUT2D eigenvalue weighted by Gasteiger charge is -2.39. The Bertz CT molecular complexity index is 1500. The average Bonchev–Trinajstić information content (AvgIpc) is 3.45. The number of benzene rings is 2. The average molecular weight is 655 g/mol. The van der Waals surface area contributed by atoms with Gasteiger partial charge in [0, 0.05) is 30.7 Å². The number of rotatable bonds is 12. The Balaban J connectivity index is 1.02. The van der Waals surface area contributed by atoms with E-state index in [-0.39, 0.29) is 47.1 Å². The number of aryl methyl sites for hydroxylation is 1. The van der Waals surface area contributed by atoms with E-state index >= 15 is 0 Å². The minimum absolute atomic E-state index is 0.0372. The van der Waals surface area contributed by atoms with E-state index in [9.17, 15) is 14.7 Å². The first-order valence-corrected chi connectivity index (χ1v) is 15.5. The Labute approximate surface area is 271 Å². The second kappa shape index (κ2) is 14.9. The molecule has 2 atom stereocenters. The molecule has 0 radical (unpaired) electrons. The number of carbonyl (C=O) groups is 2. The Morgan fingerprint density at radius 3 is 2.41 bits per heavy atom. The molecule has 2 unspecified atom stereocenters. The van der Waals surface area contributed by atoms with Crippen LogP contribution in [0.4, 0.5) is 11.6 Å². The zero-order chi connectivity index (χ0) is 32.7. The SMILES string of the molecule is Nc1nc(N)c(C(=O)NC2NCC3(CCN(C(=O)c4ccc(OCCCc5ccc(OCC(O)CO)cc5)cc4)CC3)N2)nc1Cl. The number of ether oxygens (including phenoxy) is 2. The lowest BCUT2D eigenvalue weighted by atomic mass is 9.88.